The molecule has 0 spiro atoms. The van der Waals surface area contributed by atoms with Crippen molar-refractivity contribution in [2.45, 2.75) is 12.5 Å². The van der Waals surface area contributed by atoms with Gasteiger partial charge in [-0.3, -0.25) is 0 Å². The number of hydrogen-bond donors (Lipinski definition) is 0. The number of methoxy groups -OCH3 is 1. The van der Waals surface area contributed by atoms with Gasteiger partial charge in [0.25, 0.3) is 0 Å². The van der Waals surface area contributed by atoms with Crippen LogP contribution in [0.1, 0.15) is 6.42 Å². The first kappa shape index (κ1) is 13.3. The lowest BCUT2D eigenvalue weighted by Gasteiger charge is -2.36. The van der Waals surface area contributed by atoms with Gasteiger partial charge < -0.3 is 14.4 Å². The topological polar surface area (TPSA) is 47.5 Å². The van der Waals surface area contributed by atoms with Crippen LogP contribution in [-0.4, -0.2) is 49.5 Å². The minimum Gasteiger partial charge on any atom is -0.385 e. The van der Waals surface area contributed by atoms with E-state index in [1.54, 1.807) is 13.4 Å². The van der Waals surface area contributed by atoms with Crippen LogP contribution < -0.4 is 4.90 Å². The van der Waals surface area contributed by atoms with Crippen LogP contribution in [0, 0.1) is 0 Å². The molecule has 106 valence electrons. The first-order valence-corrected chi connectivity index (χ1v) is 6.93. The van der Waals surface area contributed by atoms with Crippen LogP contribution in [0.15, 0.2) is 30.6 Å². The molecule has 0 N–H and O–H groups in total. The molecule has 0 aliphatic carbocycles. The lowest BCUT2D eigenvalue weighted by Crippen LogP contribution is -2.46. The Bertz CT molecular complexity index is 571. The summed E-state index contributed by atoms with van der Waals surface area (Å²) in [6.45, 7) is 3.05. The molecule has 0 amide bonds. The van der Waals surface area contributed by atoms with Crippen molar-refractivity contribution in [1.29, 1.82) is 0 Å². The van der Waals surface area contributed by atoms with E-state index in [1.165, 1.54) is 0 Å². The Hall–Kier alpha value is -1.72. The van der Waals surface area contributed by atoms with Gasteiger partial charge in [0.15, 0.2) is 0 Å². The first-order valence-electron chi connectivity index (χ1n) is 6.93. The number of fused-ring (bicyclic) bond motifs is 1. The number of rotatable bonds is 4. The van der Waals surface area contributed by atoms with Crippen LogP contribution >= 0.6 is 0 Å². The first-order chi connectivity index (χ1) is 9.90. The molecule has 0 saturated carbocycles. The second kappa shape index (κ2) is 6.15. The van der Waals surface area contributed by atoms with Crippen LogP contribution in [-0.2, 0) is 9.47 Å². The Morgan fingerprint density at radius 2 is 2.25 bits per heavy atom. The number of benzene rings is 1. The molecule has 1 aromatic heterocycles. The molecule has 1 aliphatic rings. The number of aromatic nitrogens is 2. The average Bonchev–Trinajstić information content (AvgIpc) is 2.53. The summed E-state index contributed by atoms with van der Waals surface area (Å²) >= 11 is 0. The summed E-state index contributed by atoms with van der Waals surface area (Å²) in [6, 6.07) is 8.43. The molecule has 5 nitrogen and oxygen atoms in total. The van der Waals surface area contributed by atoms with Gasteiger partial charge in [-0.15, -0.1) is 0 Å². The average molecular weight is 273 g/mol. The molecule has 1 fully saturated rings. The third kappa shape index (κ3) is 2.59. The summed E-state index contributed by atoms with van der Waals surface area (Å²) in [5.41, 5.74) is 0.981. The van der Waals surface area contributed by atoms with Gasteiger partial charge in [0, 0.05) is 25.6 Å². The largest absolute Gasteiger partial charge is 0.385 e. The van der Waals surface area contributed by atoms with Crippen molar-refractivity contribution < 1.29 is 9.47 Å². The molecule has 2 aromatic rings. The van der Waals surface area contributed by atoms with E-state index < -0.39 is 0 Å². The monoisotopic (exact) mass is 273 g/mol. The molecular weight excluding hydrogens is 254 g/mol. The maximum atomic E-state index is 5.60. The molecular formula is C15H19N3O2. The molecule has 20 heavy (non-hydrogen) atoms. The normalized spacial score (nSPS) is 19.4. The van der Waals surface area contributed by atoms with Crippen molar-refractivity contribution in [3.05, 3.63) is 30.6 Å². The summed E-state index contributed by atoms with van der Waals surface area (Å²) in [5, 5.41) is 1.10. The van der Waals surface area contributed by atoms with Gasteiger partial charge in [0.1, 0.15) is 12.1 Å². The quantitative estimate of drug-likeness (QED) is 0.851. The minimum absolute atomic E-state index is 0.307. The van der Waals surface area contributed by atoms with Gasteiger partial charge in [-0.1, -0.05) is 12.1 Å². The molecule has 3 rings (SSSR count). The minimum atomic E-state index is 0.307. The van der Waals surface area contributed by atoms with Crippen molar-refractivity contribution in [3.63, 3.8) is 0 Å². The second-order valence-electron chi connectivity index (χ2n) is 4.92. The van der Waals surface area contributed by atoms with E-state index in [0.717, 1.165) is 49.5 Å². The predicted octanol–water partition coefficient (Wildman–Crippen LogP) is 1.87. The van der Waals surface area contributed by atoms with E-state index in [9.17, 15) is 0 Å². The zero-order valence-corrected chi connectivity index (χ0v) is 11.7. The van der Waals surface area contributed by atoms with E-state index in [1.807, 2.05) is 18.2 Å². The highest BCUT2D eigenvalue weighted by atomic mass is 16.5. The van der Waals surface area contributed by atoms with Crippen molar-refractivity contribution in [1.82, 2.24) is 9.97 Å². The summed E-state index contributed by atoms with van der Waals surface area (Å²) in [7, 11) is 1.73. The lowest BCUT2D eigenvalue weighted by molar-refractivity contribution is 0.0795. The number of nitrogens with zero attached hydrogens (tertiary/aromatic N) is 3. The number of para-hydroxylation sites is 1. The highest BCUT2D eigenvalue weighted by molar-refractivity contribution is 5.89. The second-order valence-corrected chi connectivity index (χ2v) is 4.92. The van der Waals surface area contributed by atoms with Gasteiger partial charge in [-0.2, -0.15) is 0 Å². The Kier molecular flexibility index (Phi) is 4.08. The maximum Gasteiger partial charge on any atom is 0.140 e. The van der Waals surface area contributed by atoms with Crippen molar-refractivity contribution in [2.24, 2.45) is 0 Å². The molecule has 1 aliphatic heterocycles. The smallest absolute Gasteiger partial charge is 0.140 e. The summed E-state index contributed by atoms with van der Waals surface area (Å²) in [6.07, 6.45) is 2.58. The zero-order chi connectivity index (χ0) is 13.8. The molecule has 1 aromatic carbocycles. The van der Waals surface area contributed by atoms with E-state index in [4.69, 9.17) is 9.47 Å². The highest BCUT2D eigenvalue weighted by Crippen LogP contribution is 2.26. The van der Waals surface area contributed by atoms with Gasteiger partial charge in [-0.25, -0.2) is 9.97 Å². The van der Waals surface area contributed by atoms with Crippen LogP contribution in [0.5, 0.6) is 0 Å². The zero-order valence-electron chi connectivity index (χ0n) is 11.7. The summed E-state index contributed by atoms with van der Waals surface area (Å²) < 4.78 is 10.8. The lowest BCUT2D eigenvalue weighted by atomic mass is 10.1. The Labute approximate surface area is 118 Å². The SMILES string of the molecule is COCCC1COCCN1c1ncnc2ccccc12. The number of hydrogen-bond acceptors (Lipinski definition) is 5. The highest BCUT2D eigenvalue weighted by Gasteiger charge is 2.25. The number of morpholine rings is 1. The number of ether oxygens (including phenoxy) is 2. The van der Waals surface area contributed by atoms with Gasteiger partial charge >= 0.3 is 0 Å². The van der Waals surface area contributed by atoms with E-state index in [-0.39, 0.29) is 0 Å². The van der Waals surface area contributed by atoms with E-state index in [2.05, 4.69) is 20.9 Å². The molecule has 1 saturated heterocycles. The van der Waals surface area contributed by atoms with Crippen molar-refractivity contribution in [3.8, 4) is 0 Å². The third-order valence-corrected chi connectivity index (χ3v) is 3.68. The fourth-order valence-corrected chi connectivity index (χ4v) is 2.65. The molecule has 1 unspecified atom stereocenters. The third-order valence-electron chi connectivity index (χ3n) is 3.68. The Balaban J connectivity index is 1.95. The van der Waals surface area contributed by atoms with Gasteiger partial charge in [-0.05, 0) is 18.6 Å². The van der Waals surface area contributed by atoms with Crippen LogP contribution in [0.3, 0.4) is 0 Å². The van der Waals surface area contributed by atoms with Crippen LogP contribution in [0.25, 0.3) is 10.9 Å². The fourth-order valence-electron chi connectivity index (χ4n) is 2.65. The predicted molar refractivity (Wildman–Crippen MR) is 78.0 cm³/mol. The van der Waals surface area contributed by atoms with Gasteiger partial charge in [0.05, 0.1) is 24.8 Å². The fraction of sp³-hybridized carbons (Fsp3) is 0.467. The maximum absolute atomic E-state index is 5.60. The standard InChI is InChI=1S/C15H19N3O2/c1-19-8-6-12-10-20-9-7-18(12)15-13-4-2-3-5-14(13)16-11-17-15/h2-5,11-12H,6-10H2,1H3. The summed E-state index contributed by atoms with van der Waals surface area (Å²) in [4.78, 5) is 11.2. The summed E-state index contributed by atoms with van der Waals surface area (Å²) in [5.74, 6) is 1.00. The van der Waals surface area contributed by atoms with Crippen LogP contribution in [0.4, 0.5) is 5.82 Å². The van der Waals surface area contributed by atoms with Crippen molar-refractivity contribution >= 4 is 16.7 Å². The van der Waals surface area contributed by atoms with E-state index >= 15 is 0 Å². The van der Waals surface area contributed by atoms with Crippen molar-refractivity contribution in [2.75, 3.05) is 38.4 Å². The van der Waals surface area contributed by atoms with Gasteiger partial charge in [0.2, 0.25) is 0 Å². The molecule has 0 bridgehead atoms. The van der Waals surface area contributed by atoms with E-state index in [0.29, 0.717) is 6.04 Å². The number of anilines is 1. The molecule has 2 heterocycles. The molecule has 1 atom stereocenters. The molecule has 0 radical (unpaired) electrons. The Morgan fingerprint density at radius 1 is 1.35 bits per heavy atom. The van der Waals surface area contributed by atoms with Crippen LogP contribution in [0.2, 0.25) is 0 Å². The Morgan fingerprint density at radius 3 is 3.15 bits per heavy atom. The molecule has 5 heteroatoms.